The van der Waals surface area contributed by atoms with Crippen LogP contribution in [0.4, 0.5) is 0 Å². The van der Waals surface area contributed by atoms with Crippen molar-refractivity contribution in [2.45, 2.75) is 19.8 Å². The number of hydrogen-bond donors (Lipinski definition) is 1. The number of aliphatic carboxylic acids is 1. The molecule has 110 valence electrons. The Hall–Kier alpha value is -1.47. The Morgan fingerprint density at radius 1 is 1.50 bits per heavy atom. The number of carbonyl (C=O) groups is 1. The molecular weight excluding hydrogens is 280 g/mol. The molecule has 20 heavy (non-hydrogen) atoms. The van der Waals surface area contributed by atoms with Crippen LogP contribution in [0.1, 0.15) is 19.0 Å². The van der Waals surface area contributed by atoms with Crippen molar-refractivity contribution in [1.82, 2.24) is 9.29 Å². The number of aromatic nitrogens is 1. The van der Waals surface area contributed by atoms with Gasteiger partial charge in [-0.1, -0.05) is 6.07 Å². The van der Waals surface area contributed by atoms with Gasteiger partial charge in [0.2, 0.25) is 10.0 Å². The third-order valence-corrected chi connectivity index (χ3v) is 5.51. The molecule has 1 aliphatic heterocycles. The topological polar surface area (TPSA) is 87.6 Å². The van der Waals surface area contributed by atoms with Crippen LogP contribution in [0, 0.1) is 5.41 Å². The molecule has 0 bridgehead atoms. The fraction of sp³-hybridized carbons (Fsp3) is 0.538. The fourth-order valence-electron chi connectivity index (χ4n) is 2.24. The van der Waals surface area contributed by atoms with Crippen molar-refractivity contribution in [3.63, 3.8) is 0 Å². The summed E-state index contributed by atoms with van der Waals surface area (Å²) in [6, 6.07) is 5.37. The Balaban J connectivity index is 2.00. The van der Waals surface area contributed by atoms with Gasteiger partial charge in [0.15, 0.2) is 0 Å². The van der Waals surface area contributed by atoms with E-state index in [9.17, 15) is 13.2 Å². The van der Waals surface area contributed by atoms with E-state index in [1.165, 1.54) is 4.31 Å². The summed E-state index contributed by atoms with van der Waals surface area (Å²) < 4.78 is 25.7. The third-order valence-electron chi connectivity index (χ3n) is 3.69. The second kappa shape index (κ2) is 5.49. The number of aryl methyl sites for hydroxylation is 1. The predicted molar refractivity (Wildman–Crippen MR) is 73.7 cm³/mol. The van der Waals surface area contributed by atoms with Gasteiger partial charge >= 0.3 is 5.97 Å². The molecule has 2 heterocycles. The van der Waals surface area contributed by atoms with Crippen molar-refractivity contribution >= 4 is 16.0 Å². The van der Waals surface area contributed by atoms with Crippen LogP contribution in [0.15, 0.2) is 24.4 Å². The van der Waals surface area contributed by atoms with E-state index in [0.29, 0.717) is 12.8 Å². The largest absolute Gasteiger partial charge is 0.481 e. The van der Waals surface area contributed by atoms with Crippen LogP contribution in [-0.4, -0.2) is 47.6 Å². The first-order chi connectivity index (χ1) is 9.33. The van der Waals surface area contributed by atoms with Crippen LogP contribution in [0.5, 0.6) is 0 Å². The van der Waals surface area contributed by atoms with E-state index in [-0.39, 0.29) is 18.8 Å². The van der Waals surface area contributed by atoms with Gasteiger partial charge in [0, 0.05) is 31.4 Å². The molecule has 0 spiro atoms. The Kier molecular flexibility index (Phi) is 4.10. The summed E-state index contributed by atoms with van der Waals surface area (Å²) in [5, 5.41) is 9.13. The Morgan fingerprint density at radius 3 is 2.80 bits per heavy atom. The quantitative estimate of drug-likeness (QED) is 0.866. The SMILES string of the molecule is C[C@]1(C(=O)O)CCN(S(=O)(=O)CCc2ccccn2)C1. The predicted octanol–water partition coefficient (Wildman–Crippen LogP) is 0.750. The lowest BCUT2D eigenvalue weighted by Gasteiger charge is -2.19. The van der Waals surface area contributed by atoms with Gasteiger partial charge in [-0.2, -0.15) is 0 Å². The van der Waals surface area contributed by atoms with E-state index in [2.05, 4.69) is 4.98 Å². The van der Waals surface area contributed by atoms with Crippen LogP contribution in [0.25, 0.3) is 0 Å². The zero-order valence-corrected chi connectivity index (χ0v) is 12.1. The minimum Gasteiger partial charge on any atom is -0.481 e. The monoisotopic (exact) mass is 298 g/mol. The van der Waals surface area contributed by atoms with Crippen LogP contribution in [0.2, 0.25) is 0 Å². The van der Waals surface area contributed by atoms with Gasteiger partial charge in [-0.25, -0.2) is 12.7 Å². The van der Waals surface area contributed by atoms with Crippen molar-refractivity contribution in [3.05, 3.63) is 30.1 Å². The molecule has 0 aromatic carbocycles. The number of pyridine rings is 1. The Labute approximate surface area is 118 Å². The molecule has 0 saturated carbocycles. The highest BCUT2D eigenvalue weighted by atomic mass is 32.2. The molecule has 1 N–H and O–H groups in total. The summed E-state index contributed by atoms with van der Waals surface area (Å²) >= 11 is 0. The van der Waals surface area contributed by atoms with E-state index in [1.807, 2.05) is 6.07 Å². The number of hydrogen-bond acceptors (Lipinski definition) is 4. The summed E-state index contributed by atoms with van der Waals surface area (Å²) in [6.07, 6.45) is 2.31. The van der Waals surface area contributed by atoms with Gasteiger partial charge in [0.1, 0.15) is 0 Å². The molecule has 7 heteroatoms. The van der Waals surface area contributed by atoms with Gasteiger partial charge in [0.25, 0.3) is 0 Å². The zero-order valence-electron chi connectivity index (χ0n) is 11.3. The molecule has 2 rings (SSSR count). The molecule has 1 saturated heterocycles. The van der Waals surface area contributed by atoms with Crippen LogP contribution >= 0.6 is 0 Å². The van der Waals surface area contributed by atoms with Gasteiger partial charge in [-0.3, -0.25) is 9.78 Å². The van der Waals surface area contributed by atoms with E-state index in [0.717, 1.165) is 5.69 Å². The molecule has 0 unspecified atom stereocenters. The van der Waals surface area contributed by atoms with E-state index in [1.54, 1.807) is 25.3 Å². The van der Waals surface area contributed by atoms with Gasteiger partial charge in [0.05, 0.1) is 11.2 Å². The first kappa shape index (κ1) is 14.9. The van der Waals surface area contributed by atoms with Crippen molar-refractivity contribution < 1.29 is 18.3 Å². The smallest absolute Gasteiger partial charge is 0.310 e. The molecule has 0 aliphatic carbocycles. The molecule has 0 amide bonds. The number of nitrogens with zero attached hydrogens (tertiary/aromatic N) is 2. The van der Waals surface area contributed by atoms with Crippen molar-refractivity contribution in [2.24, 2.45) is 5.41 Å². The van der Waals surface area contributed by atoms with Gasteiger partial charge in [-0.05, 0) is 25.5 Å². The van der Waals surface area contributed by atoms with Crippen LogP contribution in [-0.2, 0) is 21.2 Å². The molecule has 1 aromatic heterocycles. The van der Waals surface area contributed by atoms with Gasteiger partial charge < -0.3 is 5.11 Å². The zero-order chi connectivity index (χ0) is 14.8. The molecular formula is C13H18N2O4S. The van der Waals surface area contributed by atoms with E-state index < -0.39 is 21.4 Å². The summed E-state index contributed by atoms with van der Waals surface area (Å²) in [5.41, 5.74) is -0.255. The fourth-order valence-corrected chi connectivity index (χ4v) is 3.82. The molecule has 0 radical (unpaired) electrons. The maximum Gasteiger partial charge on any atom is 0.310 e. The van der Waals surface area contributed by atoms with Crippen molar-refractivity contribution in [2.75, 3.05) is 18.8 Å². The number of carboxylic acids is 1. The number of carboxylic acid groups (broad SMARTS) is 1. The summed E-state index contributed by atoms with van der Waals surface area (Å²) in [6.45, 7) is 1.91. The first-order valence-corrected chi connectivity index (χ1v) is 8.06. The average molecular weight is 298 g/mol. The van der Waals surface area contributed by atoms with Gasteiger partial charge in [-0.15, -0.1) is 0 Å². The third kappa shape index (κ3) is 3.16. The molecule has 1 aliphatic rings. The van der Waals surface area contributed by atoms with E-state index >= 15 is 0 Å². The number of rotatable bonds is 5. The number of sulfonamides is 1. The highest BCUT2D eigenvalue weighted by Crippen LogP contribution is 2.31. The lowest BCUT2D eigenvalue weighted by atomic mass is 9.90. The maximum absolute atomic E-state index is 12.2. The first-order valence-electron chi connectivity index (χ1n) is 6.45. The summed E-state index contributed by atoms with van der Waals surface area (Å²) in [4.78, 5) is 15.2. The van der Waals surface area contributed by atoms with Crippen LogP contribution in [0.3, 0.4) is 0 Å². The highest BCUT2D eigenvalue weighted by Gasteiger charge is 2.44. The van der Waals surface area contributed by atoms with Crippen molar-refractivity contribution in [1.29, 1.82) is 0 Å². The maximum atomic E-state index is 12.2. The highest BCUT2D eigenvalue weighted by molar-refractivity contribution is 7.89. The van der Waals surface area contributed by atoms with Crippen molar-refractivity contribution in [3.8, 4) is 0 Å². The lowest BCUT2D eigenvalue weighted by Crippen LogP contribution is -2.36. The van der Waals surface area contributed by atoms with Crippen LogP contribution < -0.4 is 0 Å². The molecule has 1 atom stereocenters. The molecule has 6 nitrogen and oxygen atoms in total. The molecule has 1 fully saturated rings. The second-order valence-corrected chi connectivity index (χ2v) is 7.42. The lowest BCUT2D eigenvalue weighted by molar-refractivity contribution is -0.146. The minimum absolute atomic E-state index is 0.0420. The second-order valence-electron chi connectivity index (χ2n) is 5.34. The van der Waals surface area contributed by atoms with E-state index in [4.69, 9.17) is 5.11 Å². The summed E-state index contributed by atoms with van der Waals surface area (Å²) in [5.74, 6) is -0.986. The standard InChI is InChI=1S/C13H18N2O4S/c1-13(12(16)17)6-8-15(10-13)20(18,19)9-5-11-4-2-3-7-14-11/h2-4,7H,5-6,8-10H2,1H3,(H,16,17)/t13-/m0/s1. The molecule has 1 aromatic rings. The normalized spacial score (nSPS) is 23.9. The Morgan fingerprint density at radius 2 is 2.25 bits per heavy atom. The summed E-state index contributed by atoms with van der Waals surface area (Å²) in [7, 11) is -3.43. The average Bonchev–Trinajstić information content (AvgIpc) is 2.83. The minimum atomic E-state index is -3.43. The Bertz CT molecular complexity index is 588.